The van der Waals surface area contributed by atoms with Crippen LogP contribution >= 0.6 is 27.5 Å². The Balaban J connectivity index is 0.00000364. The molecule has 0 atom stereocenters. The summed E-state index contributed by atoms with van der Waals surface area (Å²) in [7, 11) is 0. The summed E-state index contributed by atoms with van der Waals surface area (Å²) < 4.78 is 5.99. The van der Waals surface area contributed by atoms with Gasteiger partial charge >= 0.3 is 35.5 Å². The number of ether oxygens (including phenoxy) is 1. The molecule has 2 rings (SSSR count). The normalized spacial score (nSPS) is 9.67. The summed E-state index contributed by atoms with van der Waals surface area (Å²) >= 11 is 9.01. The van der Waals surface area contributed by atoms with Gasteiger partial charge in [-0.05, 0) is 52.3 Å². The molecular formula is C16H9BrClN2NaO6. The van der Waals surface area contributed by atoms with Crippen LogP contribution in [0.3, 0.4) is 0 Å². The maximum atomic E-state index is 12.0. The molecule has 0 saturated carbocycles. The fourth-order valence-electron chi connectivity index (χ4n) is 1.73. The average Bonchev–Trinajstić information content (AvgIpc) is 2.61. The summed E-state index contributed by atoms with van der Waals surface area (Å²) in [6.45, 7) is -0.662. The minimum atomic E-state index is -1.44. The first-order valence-corrected chi connectivity index (χ1v) is 8.05. The van der Waals surface area contributed by atoms with Crippen molar-refractivity contribution in [2.75, 3.05) is 6.54 Å². The van der Waals surface area contributed by atoms with E-state index in [9.17, 15) is 14.7 Å². The molecule has 0 fully saturated rings. The van der Waals surface area contributed by atoms with Gasteiger partial charge in [0.05, 0.1) is 23.6 Å². The Bertz CT molecular complexity index is 890. The van der Waals surface area contributed by atoms with E-state index in [4.69, 9.17) is 21.6 Å². The van der Waals surface area contributed by atoms with Crippen LogP contribution in [-0.4, -0.2) is 18.5 Å². The van der Waals surface area contributed by atoms with Crippen molar-refractivity contribution in [2.45, 2.75) is 0 Å². The number of carboxylic acid groups (broad SMARTS) is 1. The van der Waals surface area contributed by atoms with E-state index in [1.165, 1.54) is 24.3 Å². The number of nitriles is 1. The first-order chi connectivity index (χ1) is 12.4. The van der Waals surface area contributed by atoms with Gasteiger partial charge in [-0.25, -0.2) is 4.79 Å². The summed E-state index contributed by atoms with van der Waals surface area (Å²) in [6.07, 6.45) is 0. The number of aliphatic carboxylic acids is 1. The molecule has 0 aromatic heterocycles. The maximum absolute atomic E-state index is 12.0. The van der Waals surface area contributed by atoms with Crippen LogP contribution in [0.25, 0.3) is 0 Å². The van der Waals surface area contributed by atoms with Crippen molar-refractivity contribution < 1.29 is 58.9 Å². The van der Waals surface area contributed by atoms with E-state index in [0.29, 0.717) is 9.50 Å². The predicted molar refractivity (Wildman–Crippen MR) is 89.9 cm³/mol. The van der Waals surface area contributed by atoms with Gasteiger partial charge in [0.25, 0.3) is 0 Å². The smallest absolute Gasteiger partial charge is 0.549 e. The van der Waals surface area contributed by atoms with Crippen LogP contribution in [0.5, 0.6) is 11.5 Å². The van der Waals surface area contributed by atoms with Gasteiger partial charge < -0.3 is 14.6 Å². The number of nitrogens with zero attached hydrogens (tertiary/aromatic N) is 1. The molecule has 2 aromatic carbocycles. The first-order valence-electron chi connectivity index (χ1n) is 6.88. The van der Waals surface area contributed by atoms with Gasteiger partial charge in [-0.15, -0.1) is 0 Å². The molecule has 0 heterocycles. The van der Waals surface area contributed by atoms with E-state index in [1.54, 1.807) is 12.1 Å². The number of carbonyl (C=O) groups excluding carboxylic acids is 2. The second-order valence-electron chi connectivity index (χ2n) is 4.64. The van der Waals surface area contributed by atoms with Gasteiger partial charge in [0.2, 0.25) is 0 Å². The van der Waals surface area contributed by atoms with Crippen LogP contribution in [0.4, 0.5) is 0 Å². The topological polar surface area (TPSA) is 121 Å². The number of halogens is 2. The van der Waals surface area contributed by atoms with Gasteiger partial charge in [-0.2, -0.15) is 10.7 Å². The molecule has 0 unspecified atom stereocenters. The number of benzene rings is 2. The third-order valence-corrected chi connectivity index (χ3v) is 3.77. The van der Waals surface area contributed by atoms with Crippen LogP contribution in [0, 0.1) is 11.3 Å². The van der Waals surface area contributed by atoms with Crippen molar-refractivity contribution in [3.63, 3.8) is 0 Å². The maximum Gasteiger partial charge on any atom is 1.00 e. The molecule has 0 aliphatic rings. The number of hydrogen-bond acceptors (Lipinski definition) is 8. The van der Waals surface area contributed by atoms with Crippen molar-refractivity contribution >= 4 is 39.5 Å². The van der Waals surface area contributed by atoms with Crippen molar-refractivity contribution in [3.05, 3.63) is 57.0 Å². The third kappa shape index (κ3) is 7.12. The van der Waals surface area contributed by atoms with Crippen molar-refractivity contribution in [1.82, 2.24) is 5.48 Å². The van der Waals surface area contributed by atoms with E-state index in [0.717, 1.165) is 0 Å². The number of carbonyl (C=O) groups is 2. The number of hydroxylamine groups is 1. The Labute approximate surface area is 189 Å². The Morgan fingerprint density at radius 1 is 1.26 bits per heavy atom. The molecule has 1 N–H and O–H groups in total. The number of rotatable bonds is 7. The first kappa shape index (κ1) is 23.4. The summed E-state index contributed by atoms with van der Waals surface area (Å²) in [4.78, 5) is 30.9. The largest absolute Gasteiger partial charge is 1.00 e. The number of hydrogen-bond donors (Lipinski definition) is 1. The summed E-state index contributed by atoms with van der Waals surface area (Å²) in [5.74, 6) is -1.84. The molecule has 8 nitrogen and oxygen atoms in total. The zero-order valence-corrected chi connectivity index (χ0v) is 18.2. The Morgan fingerprint density at radius 3 is 2.67 bits per heavy atom. The van der Waals surface area contributed by atoms with Crippen molar-refractivity contribution in [3.8, 4) is 17.6 Å². The molecule has 0 saturated heterocycles. The molecular weight excluding hydrogens is 455 g/mol. The van der Waals surface area contributed by atoms with Gasteiger partial charge in [0.1, 0.15) is 17.6 Å². The molecule has 0 amide bonds. The Morgan fingerprint density at radius 2 is 2.00 bits per heavy atom. The summed E-state index contributed by atoms with van der Waals surface area (Å²) in [6, 6.07) is 10.9. The standard InChI is InChI=1S/C16H10BrClN2O6.Na/c17-13-3-2-11(24-14-4-1-10(18)5-9(14)7-19)6-12(13)16(23)25-26-20-8-15(21)22;/h1-6,20H,8H2,(H,21,22);/q;+1/p-1. The Kier molecular flexibility index (Phi) is 9.76. The molecule has 27 heavy (non-hydrogen) atoms. The molecule has 2 aromatic rings. The van der Waals surface area contributed by atoms with Crippen LogP contribution in [0.15, 0.2) is 40.9 Å². The SMILES string of the molecule is N#Cc1cc(Cl)ccc1Oc1ccc(Br)c(C(=O)OONCC(=O)[O-])c1.[Na+]. The van der Waals surface area contributed by atoms with E-state index in [1.807, 2.05) is 11.5 Å². The number of nitrogens with one attached hydrogen (secondary N) is 1. The van der Waals surface area contributed by atoms with Gasteiger partial charge in [-0.3, -0.25) is 4.89 Å². The van der Waals surface area contributed by atoms with Gasteiger partial charge in [0, 0.05) is 9.50 Å². The molecule has 0 aliphatic heterocycles. The van der Waals surface area contributed by atoms with E-state index in [-0.39, 0.29) is 52.2 Å². The van der Waals surface area contributed by atoms with E-state index < -0.39 is 18.5 Å². The molecule has 0 aliphatic carbocycles. The quantitative estimate of drug-likeness (QED) is 0.243. The summed E-state index contributed by atoms with van der Waals surface area (Å²) in [5.41, 5.74) is 2.15. The second-order valence-corrected chi connectivity index (χ2v) is 5.93. The minimum absolute atomic E-state index is 0. The van der Waals surface area contributed by atoms with Gasteiger partial charge in [0.15, 0.2) is 0 Å². The Hall–Kier alpha value is -1.64. The van der Waals surface area contributed by atoms with E-state index >= 15 is 0 Å². The second kappa shape index (κ2) is 11.3. The monoisotopic (exact) mass is 462 g/mol. The third-order valence-electron chi connectivity index (χ3n) is 2.84. The zero-order valence-electron chi connectivity index (χ0n) is 13.8. The minimum Gasteiger partial charge on any atom is -0.549 e. The number of carboxylic acids is 1. The summed E-state index contributed by atoms with van der Waals surface area (Å²) in [5, 5.41) is 19.7. The average molecular weight is 464 g/mol. The molecule has 0 radical (unpaired) electrons. The van der Waals surface area contributed by atoms with Crippen molar-refractivity contribution in [2.24, 2.45) is 0 Å². The molecule has 0 spiro atoms. The van der Waals surface area contributed by atoms with Crippen LogP contribution in [0.2, 0.25) is 5.02 Å². The fraction of sp³-hybridized carbons (Fsp3) is 0.0625. The fourth-order valence-corrected chi connectivity index (χ4v) is 2.31. The molecule has 0 bridgehead atoms. The van der Waals surface area contributed by atoms with Crippen LogP contribution in [0.1, 0.15) is 15.9 Å². The van der Waals surface area contributed by atoms with Crippen LogP contribution in [-0.2, 0) is 14.7 Å². The molecule has 134 valence electrons. The van der Waals surface area contributed by atoms with Crippen molar-refractivity contribution in [1.29, 1.82) is 5.26 Å². The predicted octanol–water partition coefficient (Wildman–Crippen LogP) is -0.887. The van der Waals surface area contributed by atoms with Crippen LogP contribution < -0.4 is 44.9 Å². The van der Waals surface area contributed by atoms with Gasteiger partial charge in [-0.1, -0.05) is 16.6 Å². The molecule has 11 heteroatoms. The zero-order chi connectivity index (χ0) is 19.1. The van der Waals surface area contributed by atoms with E-state index in [2.05, 4.69) is 25.8 Å².